The molecule has 0 saturated heterocycles. The van der Waals surface area contributed by atoms with Crippen LogP contribution in [0.5, 0.6) is 0 Å². The van der Waals surface area contributed by atoms with Crippen molar-refractivity contribution in [1.29, 1.82) is 0 Å². The van der Waals surface area contributed by atoms with Crippen molar-refractivity contribution in [2.45, 2.75) is 26.7 Å². The van der Waals surface area contributed by atoms with Crippen LogP contribution in [-0.2, 0) is 11.2 Å². The van der Waals surface area contributed by atoms with Crippen LogP contribution in [0.3, 0.4) is 0 Å². The third kappa shape index (κ3) is 3.35. The summed E-state index contributed by atoms with van der Waals surface area (Å²) in [5.41, 5.74) is 2.13. The summed E-state index contributed by atoms with van der Waals surface area (Å²) in [6, 6.07) is 7.82. The summed E-state index contributed by atoms with van der Waals surface area (Å²) in [7, 11) is 0. The second-order valence-electron chi connectivity index (χ2n) is 5.44. The number of hydrogen-bond donors (Lipinski definition) is 1. The molecule has 0 aromatic heterocycles. The SMILES string of the molecule is CCN(CC(C)C(=O)O)C(=O)N1CCCc2ccccc21. The number of aliphatic carboxylic acids is 1. The van der Waals surface area contributed by atoms with E-state index in [0.29, 0.717) is 13.1 Å². The second-order valence-corrected chi connectivity index (χ2v) is 5.44. The van der Waals surface area contributed by atoms with Gasteiger partial charge in [0.25, 0.3) is 0 Å². The number of urea groups is 1. The molecule has 0 aliphatic carbocycles. The van der Waals surface area contributed by atoms with Gasteiger partial charge in [-0.1, -0.05) is 25.1 Å². The Kier molecular flexibility index (Phi) is 4.83. The number of anilines is 1. The van der Waals surface area contributed by atoms with Crippen LogP contribution >= 0.6 is 0 Å². The highest BCUT2D eigenvalue weighted by molar-refractivity contribution is 5.93. The maximum Gasteiger partial charge on any atom is 0.324 e. The average Bonchev–Trinajstić information content (AvgIpc) is 2.51. The number of para-hydroxylation sites is 1. The standard InChI is InChI=1S/C16H22N2O3/c1-3-17(11-12(2)15(19)20)16(21)18-10-6-8-13-7-4-5-9-14(13)18/h4-5,7,9,12H,3,6,8,10-11H2,1-2H3,(H,19,20). The Labute approximate surface area is 125 Å². The van der Waals surface area contributed by atoms with E-state index in [0.717, 1.165) is 18.5 Å². The highest BCUT2D eigenvalue weighted by Gasteiger charge is 2.27. The molecule has 5 heteroatoms. The zero-order valence-corrected chi connectivity index (χ0v) is 12.6. The number of carbonyl (C=O) groups is 2. The largest absolute Gasteiger partial charge is 0.481 e. The van der Waals surface area contributed by atoms with Gasteiger partial charge in [0.2, 0.25) is 0 Å². The molecule has 1 aromatic rings. The van der Waals surface area contributed by atoms with Crippen LogP contribution in [0.4, 0.5) is 10.5 Å². The summed E-state index contributed by atoms with van der Waals surface area (Å²) in [5.74, 6) is -1.44. The molecule has 0 bridgehead atoms. The van der Waals surface area contributed by atoms with Gasteiger partial charge in [0.05, 0.1) is 5.92 Å². The number of carbonyl (C=O) groups excluding carboxylic acids is 1. The van der Waals surface area contributed by atoms with Gasteiger partial charge in [-0.3, -0.25) is 9.69 Å². The summed E-state index contributed by atoms with van der Waals surface area (Å²) < 4.78 is 0. The fourth-order valence-corrected chi connectivity index (χ4v) is 2.65. The van der Waals surface area contributed by atoms with Crippen molar-refractivity contribution >= 4 is 17.7 Å². The Hall–Kier alpha value is -2.04. The van der Waals surface area contributed by atoms with Crippen molar-refractivity contribution in [2.75, 3.05) is 24.5 Å². The zero-order valence-electron chi connectivity index (χ0n) is 12.6. The Balaban J connectivity index is 2.17. The van der Waals surface area contributed by atoms with Crippen LogP contribution in [-0.4, -0.2) is 41.6 Å². The first-order chi connectivity index (χ1) is 10.0. The van der Waals surface area contributed by atoms with Crippen LogP contribution in [0.2, 0.25) is 0 Å². The quantitative estimate of drug-likeness (QED) is 0.927. The van der Waals surface area contributed by atoms with E-state index in [1.165, 1.54) is 5.56 Å². The molecule has 1 atom stereocenters. The van der Waals surface area contributed by atoms with Crippen LogP contribution in [0.1, 0.15) is 25.8 Å². The molecule has 0 spiro atoms. The molecule has 0 radical (unpaired) electrons. The molecule has 1 N–H and O–H groups in total. The van der Waals surface area contributed by atoms with E-state index >= 15 is 0 Å². The van der Waals surface area contributed by atoms with Crippen LogP contribution in [0, 0.1) is 5.92 Å². The number of hydrogen-bond acceptors (Lipinski definition) is 2. The first-order valence-electron chi connectivity index (χ1n) is 7.41. The van der Waals surface area contributed by atoms with E-state index in [1.54, 1.807) is 16.7 Å². The lowest BCUT2D eigenvalue weighted by molar-refractivity contribution is -0.141. The smallest absolute Gasteiger partial charge is 0.324 e. The molecule has 1 aliphatic rings. The van der Waals surface area contributed by atoms with Gasteiger partial charge in [0, 0.05) is 25.3 Å². The molecule has 2 rings (SSSR count). The second kappa shape index (κ2) is 6.61. The number of amides is 2. The zero-order chi connectivity index (χ0) is 15.4. The number of aryl methyl sites for hydroxylation is 1. The summed E-state index contributed by atoms with van der Waals surface area (Å²) in [6.07, 6.45) is 1.92. The average molecular weight is 290 g/mol. The van der Waals surface area contributed by atoms with E-state index in [-0.39, 0.29) is 12.6 Å². The highest BCUT2D eigenvalue weighted by atomic mass is 16.4. The van der Waals surface area contributed by atoms with Gasteiger partial charge < -0.3 is 10.0 Å². The number of benzene rings is 1. The molecular formula is C16H22N2O3. The summed E-state index contributed by atoms with van der Waals surface area (Å²) >= 11 is 0. The topological polar surface area (TPSA) is 60.9 Å². The lowest BCUT2D eigenvalue weighted by atomic mass is 10.0. The van der Waals surface area contributed by atoms with Crippen molar-refractivity contribution in [3.05, 3.63) is 29.8 Å². The van der Waals surface area contributed by atoms with E-state index in [9.17, 15) is 9.59 Å². The number of fused-ring (bicyclic) bond motifs is 1. The van der Waals surface area contributed by atoms with Gasteiger partial charge in [0.15, 0.2) is 0 Å². The van der Waals surface area contributed by atoms with E-state index in [1.807, 2.05) is 31.2 Å². The fourth-order valence-electron chi connectivity index (χ4n) is 2.65. The minimum atomic E-state index is -0.875. The first kappa shape index (κ1) is 15.4. The van der Waals surface area contributed by atoms with Crippen molar-refractivity contribution in [2.24, 2.45) is 5.92 Å². The number of carboxylic acids is 1. The maximum atomic E-state index is 12.7. The molecule has 1 aromatic carbocycles. The molecule has 1 heterocycles. The number of rotatable bonds is 4. The summed E-state index contributed by atoms with van der Waals surface area (Å²) in [6.45, 7) is 4.94. The van der Waals surface area contributed by atoms with Gasteiger partial charge in [-0.2, -0.15) is 0 Å². The Bertz CT molecular complexity index is 530. The Morgan fingerprint density at radius 1 is 1.38 bits per heavy atom. The lowest BCUT2D eigenvalue weighted by Crippen LogP contribution is -2.47. The number of nitrogens with zero attached hydrogens (tertiary/aromatic N) is 2. The molecule has 21 heavy (non-hydrogen) atoms. The van der Waals surface area contributed by atoms with Crippen molar-refractivity contribution in [3.8, 4) is 0 Å². The van der Waals surface area contributed by atoms with Gasteiger partial charge in [-0.05, 0) is 31.4 Å². The highest BCUT2D eigenvalue weighted by Crippen LogP contribution is 2.27. The first-order valence-corrected chi connectivity index (χ1v) is 7.41. The van der Waals surface area contributed by atoms with Gasteiger partial charge >= 0.3 is 12.0 Å². The third-order valence-electron chi connectivity index (χ3n) is 3.91. The predicted octanol–water partition coefficient (Wildman–Crippen LogP) is 2.60. The third-order valence-corrected chi connectivity index (χ3v) is 3.91. The molecular weight excluding hydrogens is 268 g/mol. The number of carboxylic acid groups (broad SMARTS) is 1. The van der Waals surface area contributed by atoms with E-state index < -0.39 is 11.9 Å². The minimum absolute atomic E-state index is 0.0993. The Morgan fingerprint density at radius 2 is 2.10 bits per heavy atom. The molecule has 0 saturated carbocycles. The molecule has 1 aliphatic heterocycles. The van der Waals surface area contributed by atoms with Crippen LogP contribution in [0.25, 0.3) is 0 Å². The van der Waals surface area contributed by atoms with Crippen molar-refractivity contribution in [1.82, 2.24) is 4.90 Å². The fraction of sp³-hybridized carbons (Fsp3) is 0.500. The lowest BCUT2D eigenvalue weighted by Gasteiger charge is -2.34. The van der Waals surface area contributed by atoms with E-state index in [4.69, 9.17) is 5.11 Å². The van der Waals surface area contributed by atoms with Crippen LogP contribution in [0.15, 0.2) is 24.3 Å². The molecule has 2 amide bonds. The summed E-state index contributed by atoms with van der Waals surface area (Å²) in [5, 5.41) is 9.02. The molecule has 114 valence electrons. The molecule has 0 fully saturated rings. The monoisotopic (exact) mass is 290 g/mol. The van der Waals surface area contributed by atoms with Gasteiger partial charge in [-0.15, -0.1) is 0 Å². The normalized spacial score (nSPS) is 15.2. The summed E-state index contributed by atoms with van der Waals surface area (Å²) in [4.78, 5) is 27.1. The van der Waals surface area contributed by atoms with E-state index in [2.05, 4.69) is 0 Å². The Morgan fingerprint density at radius 3 is 2.76 bits per heavy atom. The molecule has 1 unspecified atom stereocenters. The van der Waals surface area contributed by atoms with Crippen molar-refractivity contribution in [3.63, 3.8) is 0 Å². The minimum Gasteiger partial charge on any atom is -0.481 e. The van der Waals surface area contributed by atoms with Gasteiger partial charge in [0.1, 0.15) is 0 Å². The maximum absolute atomic E-state index is 12.7. The molecule has 5 nitrogen and oxygen atoms in total. The predicted molar refractivity (Wildman–Crippen MR) is 81.6 cm³/mol. The van der Waals surface area contributed by atoms with Gasteiger partial charge in [-0.25, -0.2) is 4.79 Å². The van der Waals surface area contributed by atoms with Crippen LogP contribution < -0.4 is 4.90 Å². The van der Waals surface area contributed by atoms with Crippen molar-refractivity contribution < 1.29 is 14.7 Å².